The van der Waals surface area contributed by atoms with Gasteiger partial charge in [0.25, 0.3) is 5.91 Å². The maximum Gasteiger partial charge on any atom is 0.273 e. The summed E-state index contributed by atoms with van der Waals surface area (Å²) in [4.78, 5) is 11.9. The van der Waals surface area contributed by atoms with E-state index in [1.165, 1.54) is 12.1 Å². The average Bonchev–Trinajstić information content (AvgIpc) is 2.60. The quantitative estimate of drug-likeness (QED) is 0.325. The molecule has 132 valence electrons. The number of carbonyl (C=O) groups excluding carboxylic acids is 1. The number of amides is 1. The van der Waals surface area contributed by atoms with E-state index in [1.54, 1.807) is 12.1 Å². The Morgan fingerprint density at radius 1 is 1.16 bits per heavy atom. The van der Waals surface area contributed by atoms with Crippen molar-refractivity contribution in [3.63, 3.8) is 0 Å². The molecule has 0 aliphatic carbocycles. The lowest BCUT2D eigenvalue weighted by molar-refractivity contribution is 0.0941. The van der Waals surface area contributed by atoms with Crippen molar-refractivity contribution >= 4 is 50.8 Å². The number of halogens is 2. The van der Waals surface area contributed by atoms with Gasteiger partial charge in [0.1, 0.15) is 5.75 Å². The number of benzene rings is 2. The van der Waals surface area contributed by atoms with E-state index in [2.05, 4.69) is 32.1 Å². The normalized spacial score (nSPS) is 11.4. The van der Waals surface area contributed by atoms with E-state index in [1.807, 2.05) is 24.3 Å². The highest BCUT2D eigenvalue weighted by Crippen LogP contribution is 2.15. The Kier molecular flexibility index (Phi) is 7.49. The fourth-order valence-corrected chi connectivity index (χ4v) is 2.70. The zero-order chi connectivity index (χ0) is 18.2. The Morgan fingerprint density at radius 3 is 2.52 bits per heavy atom. The van der Waals surface area contributed by atoms with Gasteiger partial charge in [-0.2, -0.15) is 0 Å². The monoisotopic (exact) mass is 441 g/mol. The molecular formula is C17H17BrClN3O2S. The van der Waals surface area contributed by atoms with Gasteiger partial charge in [-0.3, -0.25) is 15.6 Å². The van der Waals surface area contributed by atoms with Crippen LogP contribution >= 0.6 is 39.7 Å². The van der Waals surface area contributed by atoms with Gasteiger partial charge in [-0.1, -0.05) is 40.2 Å². The smallest absolute Gasteiger partial charge is 0.273 e. The second-order valence-electron chi connectivity index (χ2n) is 5.23. The largest absolute Gasteiger partial charge is 0.507 e. The third-order valence-corrected chi connectivity index (χ3v) is 4.38. The minimum Gasteiger partial charge on any atom is -0.507 e. The predicted molar refractivity (Wildman–Crippen MR) is 107 cm³/mol. The van der Waals surface area contributed by atoms with E-state index in [9.17, 15) is 9.90 Å². The summed E-state index contributed by atoms with van der Waals surface area (Å²) in [5.41, 5.74) is 6.28. The van der Waals surface area contributed by atoms with E-state index in [0.717, 1.165) is 10.0 Å². The summed E-state index contributed by atoms with van der Waals surface area (Å²) >= 11 is 14.8. The number of hydrogen-bond acceptors (Lipinski definition) is 3. The lowest BCUT2D eigenvalue weighted by atomic mass is 10.1. The molecule has 0 saturated carbocycles. The van der Waals surface area contributed by atoms with E-state index >= 15 is 0 Å². The van der Waals surface area contributed by atoms with Gasteiger partial charge in [-0.25, -0.2) is 0 Å². The number of hydrazine groups is 1. The summed E-state index contributed by atoms with van der Waals surface area (Å²) in [6, 6.07) is 14.2. The summed E-state index contributed by atoms with van der Waals surface area (Å²) in [5.74, 6) is -0.587. The number of alkyl halides is 1. The maximum absolute atomic E-state index is 11.9. The van der Waals surface area contributed by atoms with E-state index in [-0.39, 0.29) is 21.8 Å². The number of phenolic OH excluding ortho intramolecular Hbond substituents is 1. The Labute approximate surface area is 164 Å². The van der Waals surface area contributed by atoms with Crippen molar-refractivity contribution in [1.82, 2.24) is 16.2 Å². The highest BCUT2D eigenvalue weighted by molar-refractivity contribution is 9.10. The number of carbonyl (C=O) groups is 1. The maximum atomic E-state index is 11.9. The molecule has 1 atom stereocenters. The van der Waals surface area contributed by atoms with Crippen molar-refractivity contribution < 1.29 is 9.90 Å². The van der Waals surface area contributed by atoms with E-state index < -0.39 is 5.91 Å². The van der Waals surface area contributed by atoms with Gasteiger partial charge in [0.05, 0.1) is 10.9 Å². The molecule has 0 bridgehead atoms. The Bertz CT molecular complexity index is 743. The van der Waals surface area contributed by atoms with Crippen LogP contribution in [0.4, 0.5) is 0 Å². The zero-order valence-electron chi connectivity index (χ0n) is 13.1. The van der Waals surface area contributed by atoms with E-state index in [4.69, 9.17) is 23.8 Å². The summed E-state index contributed by atoms with van der Waals surface area (Å²) in [7, 11) is 0. The molecule has 0 fully saturated rings. The first-order chi connectivity index (χ1) is 12.0. The van der Waals surface area contributed by atoms with Crippen LogP contribution in [-0.4, -0.2) is 28.0 Å². The molecule has 0 spiro atoms. The number of rotatable bonds is 5. The van der Waals surface area contributed by atoms with Crippen LogP contribution in [0.15, 0.2) is 53.0 Å². The Hall–Kier alpha value is -1.83. The van der Waals surface area contributed by atoms with Crippen molar-refractivity contribution in [2.75, 3.05) is 6.54 Å². The van der Waals surface area contributed by atoms with Crippen LogP contribution in [-0.2, 0) is 6.42 Å². The zero-order valence-corrected chi connectivity index (χ0v) is 16.3. The van der Waals surface area contributed by atoms with Crippen molar-refractivity contribution in [2.45, 2.75) is 11.8 Å². The highest BCUT2D eigenvalue weighted by Gasteiger charge is 2.11. The van der Waals surface area contributed by atoms with Gasteiger partial charge < -0.3 is 10.4 Å². The molecule has 0 radical (unpaired) electrons. The molecule has 2 rings (SSSR count). The first-order valence-corrected chi connectivity index (χ1v) is 9.10. The highest BCUT2D eigenvalue weighted by atomic mass is 79.9. The Morgan fingerprint density at radius 2 is 1.84 bits per heavy atom. The molecule has 25 heavy (non-hydrogen) atoms. The molecule has 5 nitrogen and oxygen atoms in total. The molecule has 8 heteroatoms. The number of phenols is 1. The lowest BCUT2D eigenvalue weighted by Crippen LogP contribution is -2.48. The molecule has 0 aliphatic rings. The molecule has 2 aromatic carbocycles. The molecule has 1 amide bonds. The van der Waals surface area contributed by atoms with E-state index in [0.29, 0.717) is 13.0 Å². The molecule has 0 heterocycles. The second kappa shape index (κ2) is 9.60. The van der Waals surface area contributed by atoms with Gasteiger partial charge in [-0.05, 0) is 48.5 Å². The number of nitrogens with one attached hydrogen (secondary N) is 3. The summed E-state index contributed by atoms with van der Waals surface area (Å²) in [6.45, 7) is 0.440. The van der Waals surface area contributed by atoms with Gasteiger partial charge in [-0.15, -0.1) is 11.6 Å². The molecule has 1 unspecified atom stereocenters. The fourth-order valence-electron chi connectivity index (χ4n) is 2.04. The first kappa shape index (κ1) is 19.5. The van der Waals surface area contributed by atoms with Crippen LogP contribution < -0.4 is 16.2 Å². The fraction of sp³-hybridized carbons (Fsp3) is 0.176. The molecule has 0 saturated heterocycles. The number of aromatic hydroxyl groups is 1. The number of hydrogen-bond donors (Lipinski definition) is 4. The van der Waals surface area contributed by atoms with Crippen LogP contribution in [0.3, 0.4) is 0 Å². The molecule has 0 aliphatic heterocycles. The van der Waals surface area contributed by atoms with Crippen LogP contribution in [0, 0.1) is 0 Å². The molecule has 0 aromatic heterocycles. The van der Waals surface area contributed by atoms with Gasteiger partial charge >= 0.3 is 0 Å². The minimum atomic E-state index is -0.487. The predicted octanol–water partition coefficient (Wildman–Crippen LogP) is 3.11. The average molecular weight is 443 g/mol. The summed E-state index contributed by atoms with van der Waals surface area (Å²) in [6.07, 6.45) is 0.689. The lowest BCUT2D eigenvalue weighted by Gasteiger charge is -2.15. The molecule has 4 N–H and O–H groups in total. The standard InChI is InChI=1S/C17H17BrClN3O2S/c18-12-7-5-11(6-8-12)9-13(19)10-20-17(25)22-21-16(24)14-3-1-2-4-15(14)23/h1-8,13,23H,9-10H2,(H,21,24)(H2,20,22,25). The van der Waals surface area contributed by atoms with Crippen molar-refractivity contribution in [2.24, 2.45) is 0 Å². The van der Waals surface area contributed by atoms with Crippen LogP contribution in [0.5, 0.6) is 5.75 Å². The number of thiocarbonyl (C=S) groups is 1. The van der Waals surface area contributed by atoms with Gasteiger partial charge in [0, 0.05) is 11.0 Å². The van der Waals surface area contributed by atoms with Crippen LogP contribution in [0.2, 0.25) is 0 Å². The summed E-state index contributed by atoms with van der Waals surface area (Å²) in [5, 5.41) is 12.6. The van der Waals surface area contributed by atoms with Crippen molar-refractivity contribution in [1.29, 1.82) is 0 Å². The third kappa shape index (κ3) is 6.53. The number of para-hydroxylation sites is 1. The van der Waals surface area contributed by atoms with Gasteiger partial charge in [0.15, 0.2) is 5.11 Å². The van der Waals surface area contributed by atoms with Crippen LogP contribution in [0.25, 0.3) is 0 Å². The first-order valence-electron chi connectivity index (χ1n) is 7.46. The molecular weight excluding hydrogens is 426 g/mol. The summed E-state index contributed by atoms with van der Waals surface area (Å²) < 4.78 is 1.02. The van der Waals surface area contributed by atoms with Crippen molar-refractivity contribution in [3.8, 4) is 5.75 Å². The van der Waals surface area contributed by atoms with Gasteiger partial charge in [0.2, 0.25) is 0 Å². The van der Waals surface area contributed by atoms with Crippen LogP contribution in [0.1, 0.15) is 15.9 Å². The minimum absolute atomic E-state index is 0.101. The SMILES string of the molecule is O=C(NNC(=S)NCC(Cl)Cc1ccc(Br)cc1)c1ccccc1O. The van der Waals surface area contributed by atoms with Crippen molar-refractivity contribution in [3.05, 3.63) is 64.1 Å². The molecule has 2 aromatic rings. The Balaban J connectivity index is 1.72. The second-order valence-corrected chi connectivity index (χ2v) is 7.18. The topological polar surface area (TPSA) is 73.4 Å². The third-order valence-electron chi connectivity index (χ3n) is 3.29.